The van der Waals surface area contributed by atoms with Crippen LogP contribution in [0.4, 0.5) is 0 Å². The van der Waals surface area contributed by atoms with Gasteiger partial charge >= 0.3 is 0 Å². The van der Waals surface area contributed by atoms with E-state index in [1.165, 1.54) is 0 Å². The van der Waals surface area contributed by atoms with E-state index in [1.807, 2.05) is 25.1 Å². The third kappa shape index (κ3) is 5.59. The molecule has 1 aromatic rings. The Morgan fingerprint density at radius 2 is 2.00 bits per heavy atom. The second-order valence-corrected chi connectivity index (χ2v) is 4.49. The summed E-state index contributed by atoms with van der Waals surface area (Å²) in [6, 6.07) is 5.77. The number of aryl methyl sites for hydroxylation is 1. The van der Waals surface area contributed by atoms with Crippen LogP contribution in [0.25, 0.3) is 0 Å². The maximum Gasteiger partial charge on any atom is 0.128 e. The largest absolute Gasteiger partial charge is 0.490 e. The molecule has 0 spiro atoms. The summed E-state index contributed by atoms with van der Waals surface area (Å²) in [4.78, 5) is 0. The summed E-state index contributed by atoms with van der Waals surface area (Å²) < 4.78 is 16.0. The van der Waals surface area contributed by atoms with Gasteiger partial charge in [-0.25, -0.2) is 0 Å². The molecule has 0 amide bonds. The van der Waals surface area contributed by atoms with Crippen LogP contribution in [-0.2, 0) is 9.47 Å². The van der Waals surface area contributed by atoms with Crippen molar-refractivity contribution in [2.45, 2.75) is 20.3 Å². The first kappa shape index (κ1) is 16.5. The molecule has 5 heteroatoms. The van der Waals surface area contributed by atoms with E-state index < -0.39 is 0 Å². The Balaban J connectivity index is 2.43. The van der Waals surface area contributed by atoms with Crippen molar-refractivity contribution in [2.75, 3.05) is 33.5 Å². The van der Waals surface area contributed by atoms with E-state index in [4.69, 9.17) is 19.4 Å². The molecule has 20 heavy (non-hydrogen) atoms. The maximum absolute atomic E-state index is 8.89. The lowest BCUT2D eigenvalue weighted by atomic mass is 10.1. The Bertz CT molecular complexity index is 432. The Morgan fingerprint density at radius 1 is 1.20 bits per heavy atom. The molecule has 0 saturated carbocycles. The summed E-state index contributed by atoms with van der Waals surface area (Å²) in [7, 11) is 1.67. The average molecular weight is 281 g/mol. The van der Waals surface area contributed by atoms with Gasteiger partial charge < -0.3 is 19.4 Å². The van der Waals surface area contributed by atoms with Gasteiger partial charge in [0.25, 0.3) is 0 Å². The van der Waals surface area contributed by atoms with Gasteiger partial charge in [0.15, 0.2) is 0 Å². The van der Waals surface area contributed by atoms with Gasteiger partial charge in [-0.1, -0.05) is 16.8 Å². The Kier molecular flexibility index (Phi) is 7.69. The fraction of sp³-hybridized carbons (Fsp3) is 0.533. The lowest BCUT2D eigenvalue weighted by Gasteiger charge is -2.12. The van der Waals surface area contributed by atoms with E-state index in [0.717, 1.165) is 17.5 Å². The molecule has 0 atom stereocenters. The van der Waals surface area contributed by atoms with E-state index in [9.17, 15) is 0 Å². The summed E-state index contributed by atoms with van der Waals surface area (Å²) in [5.41, 5.74) is 2.42. The second kappa shape index (κ2) is 9.34. The third-order valence-corrected chi connectivity index (χ3v) is 2.80. The second-order valence-electron chi connectivity index (χ2n) is 4.49. The molecule has 112 valence electrons. The minimum absolute atomic E-state index is 0.460. The van der Waals surface area contributed by atoms with Crippen LogP contribution < -0.4 is 4.74 Å². The van der Waals surface area contributed by atoms with E-state index in [1.54, 1.807) is 14.0 Å². The number of hydrogen-bond acceptors (Lipinski definition) is 5. The Hall–Kier alpha value is -1.59. The van der Waals surface area contributed by atoms with Gasteiger partial charge in [0.1, 0.15) is 12.4 Å². The number of methoxy groups -OCH3 is 1. The topological polar surface area (TPSA) is 60.3 Å². The van der Waals surface area contributed by atoms with Crippen molar-refractivity contribution >= 4 is 5.71 Å². The van der Waals surface area contributed by atoms with Crippen LogP contribution in [0.15, 0.2) is 23.4 Å². The molecule has 0 heterocycles. The minimum Gasteiger partial charge on any atom is -0.490 e. The van der Waals surface area contributed by atoms with Crippen molar-refractivity contribution in [3.05, 3.63) is 29.3 Å². The number of ether oxygens (including phenoxy) is 3. The highest BCUT2D eigenvalue weighted by atomic mass is 16.5. The fourth-order valence-corrected chi connectivity index (χ4v) is 1.72. The first-order valence-corrected chi connectivity index (χ1v) is 6.68. The van der Waals surface area contributed by atoms with Crippen molar-refractivity contribution in [1.82, 2.24) is 0 Å². The van der Waals surface area contributed by atoms with Crippen molar-refractivity contribution in [1.29, 1.82) is 0 Å². The van der Waals surface area contributed by atoms with E-state index >= 15 is 0 Å². The molecule has 1 rings (SSSR count). The van der Waals surface area contributed by atoms with Crippen LogP contribution in [-0.4, -0.2) is 44.5 Å². The van der Waals surface area contributed by atoms with E-state index in [2.05, 4.69) is 5.16 Å². The van der Waals surface area contributed by atoms with Gasteiger partial charge in [-0.3, -0.25) is 0 Å². The summed E-state index contributed by atoms with van der Waals surface area (Å²) >= 11 is 0. The van der Waals surface area contributed by atoms with Crippen LogP contribution >= 0.6 is 0 Å². The molecule has 0 unspecified atom stereocenters. The monoisotopic (exact) mass is 281 g/mol. The molecule has 0 bridgehead atoms. The van der Waals surface area contributed by atoms with Gasteiger partial charge in [-0.2, -0.15) is 0 Å². The number of oxime groups is 1. The first-order valence-electron chi connectivity index (χ1n) is 6.68. The van der Waals surface area contributed by atoms with Crippen LogP contribution in [0.1, 0.15) is 24.5 Å². The summed E-state index contributed by atoms with van der Waals surface area (Å²) in [6.45, 7) is 6.07. The molecule has 0 saturated heterocycles. The lowest BCUT2D eigenvalue weighted by molar-refractivity contribution is 0.0806. The third-order valence-electron chi connectivity index (χ3n) is 2.80. The zero-order valence-corrected chi connectivity index (χ0v) is 12.4. The van der Waals surface area contributed by atoms with Gasteiger partial charge in [-0.15, -0.1) is 0 Å². The summed E-state index contributed by atoms with van der Waals surface area (Å²) in [5.74, 6) is 0.700. The Labute approximate surface area is 120 Å². The number of hydrogen-bond donors (Lipinski definition) is 1. The molecule has 0 aliphatic carbocycles. The lowest BCUT2D eigenvalue weighted by Crippen LogP contribution is -2.10. The highest BCUT2D eigenvalue weighted by Crippen LogP contribution is 2.21. The summed E-state index contributed by atoms with van der Waals surface area (Å²) in [5, 5.41) is 12.1. The van der Waals surface area contributed by atoms with E-state index in [0.29, 0.717) is 37.9 Å². The highest BCUT2D eigenvalue weighted by molar-refractivity contribution is 6.00. The summed E-state index contributed by atoms with van der Waals surface area (Å²) in [6.07, 6.45) is 0.878. The van der Waals surface area contributed by atoms with E-state index in [-0.39, 0.29) is 0 Å². The molecular weight excluding hydrogens is 258 g/mol. The van der Waals surface area contributed by atoms with Crippen LogP contribution in [0.3, 0.4) is 0 Å². The first-order chi connectivity index (χ1) is 9.69. The molecule has 1 aromatic carbocycles. The smallest absolute Gasteiger partial charge is 0.128 e. The highest BCUT2D eigenvalue weighted by Gasteiger charge is 2.07. The van der Waals surface area contributed by atoms with Gasteiger partial charge in [0.05, 0.1) is 12.3 Å². The van der Waals surface area contributed by atoms with Gasteiger partial charge in [0.2, 0.25) is 0 Å². The molecule has 0 aromatic heterocycles. The standard InChI is InChI=1S/C15H23NO4/c1-12-5-6-15(14(11-12)13(2)16-17)20-10-9-19-8-4-7-18-3/h5-6,11,17H,4,7-10H2,1-3H3/b16-13+. The SMILES string of the molecule is COCCCOCCOc1ccc(C)cc1/C(C)=N/O. The predicted molar refractivity (Wildman–Crippen MR) is 78.0 cm³/mol. The zero-order chi connectivity index (χ0) is 14.8. The van der Waals surface area contributed by atoms with Crippen molar-refractivity contribution in [3.63, 3.8) is 0 Å². The molecule has 5 nitrogen and oxygen atoms in total. The van der Waals surface area contributed by atoms with Crippen molar-refractivity contribution in [2.24, 2.45) is 5.16 Å². The van der Waals surface area contributed by atoms with Crippen molar-refractivity contribution in [3.8, 4) is 5.75 Å². The molecule has 0 aliphatic heterocycles. The molecule has 0 radical (unpaired) electrons. The van der Waals surface area contributed by atoms with Gasteiger partial charge in [-0.05, 0) is 32.4 Å². The van der Waals surface area contributed by atoms with Crippen LogP contribution in [0.2, 0.25) is 0 Å². The number of benzene rings is 1. The Morgan fingerprint density at radius 3 is 2.70 bits per heavy atom. The molecule has 0 aliphatic rings. The average Bonchev–Trinajstić information content (AvgIpc) is 2.46. The normalized spacial score (nSPS) is 11.7. The van der Waals surface area contributed by atoms with Crippen LogP contribution in [0.5, 0.6) is 5.75 Å². The quantitative estimate of drug-likeness (QED) is 0.327. The maximum atomic E-state index is 8.89. The predicted octanol–water partition coefficient (Wildman–Crippen LogP) is 2.63. The zero-order valence-electron chi connectivity index (χ0n) is 12.4. The molecule has 1 N–H and O–H groups in total. The number of nitrogens with zero attached hydrogens (tertiary/aromatic N) is 1. The van der Waals surface area contributed by atoms with Gasteiger partial charge in [0, 0.05) is 25.9 Å². The molecule has 0 fully saturated rings. The van der Waals surface area contributed by atoms with Crippen molar-refractivity contribution < 1.29 is 19.4 Å². The number of rotatable bonds is 9. The fourth-order valence-electron chi connectivity index (χ4n) is 1.72. The van der Waals surface area contributed by atoms with Crippen LogP contribution in [0, 0.1) is 6.92 Å². The minimum atomic E-state index is 0.460. The molecular formula is C15H23NO4.